The summed E-state index contributed by atoms with van der Waals surface area (Å²) in [6, 6.07) is 12.5. The van der Waals surface area contributed by atoms with Crippen molar-refractivity contribution in [3.63, 3.8) is 0 Å². The zero-order valence-corrected chi connectivity index (χ0v) is 18.2. The average molecular weight is 428 g/mol. The van der Waals surface area contributed by atoms with Gasteiger partial charge < -0.3 is 4.74 Å². The Labute approximate surface area is 187 Å². The van der Waals surface area contributed by atoms with Gasteiger partial charge in [-0.3, -0.25) is 19.3 Å². The minimum atomic E-state index is -0.201. The molecule has 2 aromatic carbocycles. The molecule has 32 heavy (non-hydrogen) atoms. The van der Waals surface area contributed by atoms with Gasteiger partial charge in [-0.05, 0) is 85.4 Å². The highest BCUT2D eigenvalue weighted by atomic mass is 16.5. The molecule has 6 atom stereocenters. The molecule has 2 saturated carbocycles. The fourth-order valence-corrected chi connectivity index (χ4v) is 6.05. The van der Waals surface area contributed by atoms with E-state index in [4.69, 9.17) is 4.74 Å². The van der Waals surface area contributed by atoms with E-state index in [-0.39, 0.29) is 47.9 Å². The molecule has 0 aromatic heterocycles. The molecule has 2 amide bonds. The summed E-state index contributed by atoms with van der Waals surface area (Å²) in [6.45, 7) is 3.93. The summed E-state index contributed by atoms with van der Waals surface area (Å²) in [6.07, 6.45) is 5.51. The van der Waals surface area contributed by atoms with Crippen molar-refractivity contribution in [2.45, 2.75) is 20.3 Å². The Bertz CT molecular complexity index is 1140. The molecular weight excluding hydrogens is 402 g/mol. The molecule has 7 rings (SSSR count). The third-order valence-electron chi connectivity index (χ3n) is 7.96. The van der Waals surface area contributed by atoms with Crippen molar-refractivity contribution in [3.8, 4) is 5.75 Å². The SMILES string of the molecule is Cc1ccc(C(=O)COc2ccc(N3C(=O)[C@@H]4[C@@H]5C=C[C@@H]([C@H]6C[C@@H]56)[C@@H]4C3=O)cc2)cc1C. The Hall–Kier alpha value is -3.21. The first-order valence-corrected chi connectivity index (χ1v) is 11.3. The monoisotopic (exact) mass is 427 g/mol. The van der Waals surface area contributed by atoms with Gasteiger partial charge in [0, 0.05) is 5.56 Å². The fourth-order valence-electron chi connectivity index (χ4n) is 6.05. The van der Waals surface area contributed by atoms with Gasteiger partial charge in [0.1, 0.15) is 5.75 Å². The maximum atomic E-state index is 13.2. The molecule has 162 valence electrons. The second-order valence-electron chi connectivity index (χ2n) is 9.67. The Morgan fingerprint density at radius 3 is 2.12 bits per heavy atom. The van der Waals surface area contributed by atoms with E-state index < -0.39 is 0 Å². The lowest BCUT2D eigenvalue weighted by atomic mass is 9.63. The van der Waals surface area contributed by atoms with Crippen LogP contribution in [0, 0.1) is 49.4 Å². The van der Waals surface area contributed by atoms with Gasteiger partial charge >= 0.3 is 0 Å². The van der Waals surface area contributed by atoms with Crippen LogP contribution >= 0.6 is 0 Å². The van der Waals surface area contributed by atoms with Crippen molar-refractivity contribution in [2.75, 3.05) is 11.5 Å². The van der Waals surface area contributed by atoms with Crippen molar-refractivity contribution >= 4 is 23.3 Å². The Morgan fingerprint density at radius 1 is 0.906 bits per heavy atom. The first-order chi connectivity index (χ1) is 15.4. The number of nitrogens with zero attached hydrogens (tertiary/aromatic N) is 1. The predicted octanol–water partition coefficient (Wildman–Crippen LogP) is 4.12. The first-order valence-electron chi connectivity index (χ1n) is 11.3. The van der Waals surface area contributed by atoms with Crippen LogP contribution in [0.5, 0.6) is 5.75 Å². The van der Waals surface area contributed by atoms with Gasteiger partial charge in [-0.15, -0.1) is 0 Å². The number of imide groups is 1. The van der Waals surface area contributed by atoms with Gasteiger partial charge in [0.05, 0.1) is 17.5 Å². The number of ketones is 1. The standard InChI is InChI=1S/C27H25NO4/c1-14-3-4-16(11-15(14)2)23(29)13-32-18-7-5-17(6-8-18)28-26(30)24-19-9-10-20(22-12-21(19)22)25(24)27(28)31/h3-11,19-22,24-25H,12-13H2,1-2H3/t19-,20+,21+,22-,24-,25+. The van der Waals surface area contributed by atoms with Gasteiger partial charge in [-0.2, -0.15) is 0 Å². The van der Waals surface area contributed by atoms with E-state index in [1.807, 2.05) is 32.0 Å². The summed E-state index contributed by atoms with van der Waals surface area (Å²) in [5, 5.41) is 0. The van der Waals surface area contributed by atoms with Crippen molar-refractivity contribution in [1.29, 1.82) is 0 Å². The summed E-state index contributed by atoms with van der Waals surface area (Å²) in [7, 11) is 0. The highest BCUT2D eigenvalue weighted by molar-refractivity contribution is 6.22. The van der Waals surface area contributed by atoms with E-state index in [0.717, 1.165) is 17.5 Å². The number of hydrogen-bond acceptors (Lipinski definition) is 4. The second kappa shape index (κ2) is 6.89. The first kappa shape index (κ1) is 19.5. The smallest absolute Gasteiger partial charge is 0.238 e. The number of aryl methyl sites for hydroxylation is 2. The van der Waals surface area contributed by atoms with Crippen LogP contribution in [0.3, 0.4) is 0 Å². The topological polar surface area (TPSA) is 63.7 Å². The third kappa shape index (κ3) is 2.80. The molecule has 4 aliphatic carbocycles. The van der Waals surface area contributed by atoms with E-state index in [0.29, 0.717) is 28.8 Å². The zero-order chi connectivity index (χ0) is 22.1. The van der Waals surface area contributed by atoms with Crippen LogP contribution in [0.2, 0.25) is 0 Å². The van der Waals surface area contributed by atoms with Gasteiger partial charge in [0.25, 0.3) is 0 Å². The van der Waals surface area contributed by atoms with E-state index >= 15 is 0 Å². The fraction of sp³-hybridized carbons (Fsp3) is 0.370. The molecule has 3 fully saturated rings. The third-order valence-corrected chi connectivity index (χ3v) is 7.96. The lowest BCUT2D eigenvalue weighted by Crippen LogP contribution is -2.40. The highest BCUT2D eigenvalue weighted by Crippen LogP contribution is 2.65. The van der Waals surface area contributed by atoms with Crippen LogP contribution < -0.4 is 9.64 Å². The molecule has 1 aliphatic heterocycles. The number of benzene rings is 2. The molecule has 0 unspecified atom stereocenters. The summed E-state index contributed by atoms with van der Waals surface area (Å²) >= 11 is 0. The second-order valence-corrected chi connectivity index (χ2v) is 9.67. The molecule has 5 heteroatoms. The maximum absolute atomic E-state index is 13.2. The van der Waals surface area contributed by atoms with Crippen LogP contribution in [0.1, 0.15) is 27.9 Å². The Morgan fingerprint density at radius 2 is 1.53 bits per heavy atom. The molecule has 0 radical (unpaired) electrons. The largest absolute Gasteiger partial charge is 0.485 e. The Kier molecular flexibility index (Phi) is 4.19. The summed E-state index contributed by atoms with van der Waals surface area (Å²) in [5.74, 6) is 1.53. The number of carbonyl (C=O) groups is 3. The molecule has 5 aliphatic rings. The van der Waals surface area contributed by atoms with E-state index in [1.54, 1.807) is 24.3 Å². The van der Waals surface area contributed by atoms with Crippen LogP contribution in [0.25, 0.3) is 0 Å². The van der Waals surface area contributed by atoms with Crippen LogP contribution in [0.15, 0.2) is 54.6 Å². The Balaban J connectivity index is 1.15. The number of Topliss-reactive ketones (excluding diaryl/α,β-unsaturated/α-hetero) is 1. The van der Waals surface area contributed by atoms with E-state index in [2.05, 4.69) is 12.2 Å². The average Bonchev–Trinajstić information content (AvgIpc) is 3.58. The van der Waals surface area contributed by atoms with Crippen molar-refractivity contribution in [1.82, 2.24) is 0 Å². The number of ether oxygens (including phenoxy) is 1. The van der Waals surface area contributed by atoms with Crippen LogP contribution in [0.4, 0.5) is 5.69 Å². The molecule has 0 N–H and O–H groups in total. The predicted molar refractivity (Wildman–Crippen MR) is 119 cm³/mol. The van der Waals surface area contributed by atoms with E-state index in [1.165, 1.54) is 4.90 Å². The van der Waals surface area contributed by atoms with Gasteiger partial charge in [0.2, 0.25) is 11.8 Å². The number of anilines is 1. The molecule has 5 nitrogen and oxygen atoms in total. The number of carbonyl (C=O) groups excluding carboxylic acids is 3. The lowest BCUT2D eigenvalue weighted by Gasteiger charge is -2.37. The molecule has 0 spiro atoms. The van der Waals surface area contributed by atoms with Crippen LogP contribution in [-0.2, 0) is 9.59 Å². The summed E-state index contributed by atoms with van der Waals surface area (Å²) < 4.78 is 5.67. The quantitative estimate of drug-likeness (QED) is 0.409. The zero-order valence-electron chi connectivity index (χ0n) is 18.2. The van der Waals surface area contributed by atoms with Crippen molar-refractivity contribution in [3.05, 3.63) is 71.3 Å². The molecule has 2 bridgehead atoms. The van der Waals surface area contributed by atoms with Gasteiger partial charge in [-0.1, -0.05) is 24.3 Å². The van der Waals surface area contributed by atoms with Gasteiger partial charge in [0.15, 0.2) is 12.4 Å². The number of hydrogen-bond donors (Lipinski definition) is 0. The summed E-state index contributed by atoms with van der Waals surface area (Å²) in [4.78, 5) is 40.2. The van der Waals surface area contributed by atoms with Crippen LogP contribution in [-0.4, -0.2) is 24.2 Å². The maximum Gasteiger partial charge on any atom is 0.238 e. The molecular formula is C27H25NO4. The summed E-state index contributed by atoms with van der Waals surface area (Å²) in [5.41, 5.74) is 3.42. The van der Waals surface area contributed by atoms with E-state index in [9.17, 15) is 14.4 Å². The minimum Gasteiger partial charge on any atom is -0.485 e. The molecule has 2 aromatic rings. The number of amides is 2. The van der Waals surface area contributed by atoms with Crippen molar-refractivity contribution in [2.24, 2.45) is 35.5 Å². The number of allylic oxidation sites excluding steroid dienone is 2. The molecule has 1 saturated heterocycles. The number of rotatable bonds is 5. The highest BCUT2D eigenvalue weighted by Gasteiger charge is 2.67. The molecule has 1 heterocycles. The van der Waals surface area contributed by atoms with Crippen molar-refractivity contribution < 1.29 is 19.1 Å². The minimum absolute atomic E-state index is 0.0641. The normalized spacial score (nSPS) is 31.5. The lowest BCUT2D eigenvalue weighted by molar-refractivity contribution is -0.124. The van der Waals surface area contributed by atoms with Gasteiger partial charge in [-0.25, -0.2) is 0 Å².